The number of methoxy groups -OCH3 is 1. The fraction of sp³-hybridized carbons (Fsp3) is 0.523. The number of nitrogens with zero attached hydrogens (tertiary/aromatic N) is 3. The minimum absolute atomic E-state index is 0.161. The van der Waals surface area contributed by atoms with Gasteiger partial charge >= 0.3 is 0 Å². The molecule has 0 atom stereocenters. The van der Waals surface area contributed by atoms with Crippen LogP contribution in [-0.4, -0.2) is 38.7 Å². The molecule has 0 saturated carbocycles. The van der Waals surface area contributed by atoms with Gasteiger partial charge in [-0.3, -0.25) is 9.59 Å². The van der Waals surface area contributed by atoms with E-state index in [2.05, 4.69) is 99.6 Å². The molecule has 294 valence electrons. The summed E-state index contributed by atoms with van der Waals surface area (Å²) in [7, 11) is 1.71. The fourth-order valence-electron chi connectivity index (χ4n) is 5.58. The van der Waals surface area contributed by atoms with Gasteiger partial charge in [0, 0.05) is 66.2 Å². The van der Waals surface area contributed by atoms with E-state index >= 15 is 0 Å². The SMILES string of the molecule is C#C.C=C/C=C(\C=C)Nc1ncnc2cc(OC)c(C(C)(C)CC(C)(C)c3cnc(CCCCCCC(=O)CC)[nH]3)cc12.CC.CC(N)=O.CCCC. The second-order valence-corrected chi connectivity index (χ2v) is 13.6. The van der Waals surface area contributed by atoms with Crippen molar-refractivity contribution >= 4 is 28.4 Å². The maximum absolute atomic E-state index is 11.5. The Morgan fingerprint density at radius 2 is 1.57 bits per heavy atom. The summed E-state index contributed by atoms with van der Waals surface area (Å²) < 4.78 is 5.88. The predicted molar refractivity (Wildman–Crippen MR) is 226 cm³/mol. The van der Waals surface area contributed by atoms with Crippen LogP contribution in [0.2, 0.25) is 0 Å². The Kier molecular flexibility index (Phi) is 26.5. The lowest BCUT2D eigenvalue weighted by atomic mass is 9.70. The monoisotopic (exact) mass is 731 g/mol. The second-order valence-electron chi connectivity index (χ2n) is 13.6. The summed E-state index contributed by atoms with van der Waals surface area (Å²) in [5.41, 5.74) is 7.90. The number of anilines is 1. The molecule has 1 aromatic carbocycles. The Hall–Kier alpha value is -4.71. The van der Waals surface area contributed by atoms with Crippen molar-refractivity contribution in [1.82, 2.24) is 19.9 Å². The van der Waals surface area contributed by atoms with Crippen molar-refractivity contribution in [2.45, 2.75) is 144 Å². The number of rotatable bonds is 18. The summed E-state index contributed by atoms with van der Waals surface area (Å²) in [5.74, 6) is 2.56. The maximum Gasteiger partial charge on any atom is 0.214 e. The number of fused-ring (bicyclic) bond motifs is 1. The molecule has 9 heteroatoms. The summed E-state index contributed by atoms with van der Waals surface area (Å²) >= 11 is 0. The van der Waals surface area contributed by atoms with Gasteiger partial charge in [0.1, 0.15) is 29.5 Å². The number of ketones is 1. The number of aromatic nitrogens is 4. The van der Waals surface area contributed by atoms with Crippen LogP contribution >= 0.6 is 0 Å². The van der Waals surface area contributed by atoms with Gasteiger partial charge in [-0.05, 0) is 42.9 Å². The zero-order valence-electron chi connectivity index (χ0n) is 34.8. The van der Waals surface area contributed by atoms with Crippen LogP contribution in [0.1, 0.15) is 144 Å². The van der Waals surface area contributed by atoms with E-state index in [4.69, 9.17) is 9.72 Å². The van der Waals surface area contributed by atoms with Crippen molar-refractivity contribution in [1.29, 1.82) is 0 Å². The number of nitrogens with one attached hydrogen (secondary N) is 2. The number of ether oxygens (including phenoxy) is 1. The Bertz CT molecular complexity index is 1560. The number of Topliss-reactive ketones (excluding diaryl/α,β-unsaturated/α-hetero) is 1. The van der Waals surface area contributed by atoms with Crippen LogP contribution in [0, 0.1) is 12.8 Å². The van der Waals surface area contributed by atoms with E-state index in [0.29, 0.717) is 24.4 Å². The topological polar surface area (TPSA) is 136 Å². The first-order valence-electron chi connectivity index (χ1n) is 18.9. The van der Waals surface area contributed by atoms with Gasteiger partial charge in [-0.1, -0.05) is 107 Å². The number of nitrogens with two attached hydrogens (primary N) is 1. The number of allylic oxidation sites excluding steroid dienone is 3. The van der Waals surface area contributed by atoms with Crippen molar-refractivity contribution in [3.05, 3.63) is 78.8 Å². The van der Waals surface area contributed by atoms with Crippen LogP contribution in [0.4, 0.5) is 5.82 Å². The molecule has 3 rings (SSSR count). The van der Waals surface area contributed by atoms with Gasteiger partial charge in [0.15, 0.2) is 0 Å². The van der Waals surface area contributed by atoms with Crippen molar-refractivity contribution in [2.75, 3.05) is 12.4 Å². The summed E-state index contributed by atoms with van der Waals surface area (Å²) in [6, 6.07) is 4.14. The molecule has 0 radical (unpaired) electrons. The minimum Gasteiger partial charge on any atom is -0.496 e. The number of imidazole rings is 1. The first-order chi connectivity index (χ1) is 25.2. The highest BCUT2D eigenvalue weighted by molar-refractivity contribution is 5.91. The zero-order chi connectivity index (χ0) is 41.0. The predicted octanol–water partition coefficient (Wildman–Crippen LogP) is 10.7. The number of primary amides is 1. The van der Waals surface area contributed by atoms with Crippen LogP contribution in [-0.2, 0) is 26.8 Å². The highest BCUT2D eigenvalue weighted by Gasteiger charge is 2.35. The first kappa shape index (κ1) is 50.4. The lowest BCUT2D eigenvalue weighted by Gasteiger charge is -2.35. The third kappa shape index (κ3) is 19.1. The number of terminal acetylenes is 1. The molecule has 9 nitrogen and oxygen atoms in total. The van der Waals surface area contributed by atoms with E-state index in [0.717, 1.165) is 78.0 Å². The second kappa shape index (κ2) is 27.9. The van der Waals surface area contributed by atoms with Gasteiger partial charge in [0.2, 0.25) is 5.91 Å². The number of amides is 1. The maximum atomic E-state index is 11.5. The number of hydrogen-bond donors (Lipinski definition) is 3. The zero-order valence-corrected chi connectivity index (χ0v) is 34.8. The Balaban J connectivity index is 0. The van der Waals surface area contributed by atoms with Crippen LogP contribution in [0.25, 0.3) is 10.9 Å². The average molecular weight is 731 g/mol. The van der Waals surface area contributed by atoms with Crippen LogP contribution in [0.3, 0.4) is 0 Å². The molecule has 2 aromatic heterocycles. The molecule has 0 fully saturated rings. The average Bonchev–Trinajstić information content (AvgIpc) is 3.63. The van der Waals surface area contributed by atoms with E-state index < -0.39 is 0 Å². The molecule has 0 unspecified atom stereocenters. The molecule has 2 heterocycles. The van der Waals surface area contributed by atoms with E-state index in [9.17, 15) is 9.59 Å². The van der Waals surface area contributed by atoms with E-state index in [-0.39, 0.29) is 16.7 Å². The normalized spacial score (nSPS) is 10.8. The fourth-order valence-corrected chi connectivity index (χ4v) is 5.58. The lowest BCUT2D eigenvalue weighted by molar-refractivity contribution is -0.119. The van der Waals surface area contributed by atoms with Crippen LogP contribution < -0.4 is 15.8 Å². The van der Waals surface area contributed by atoms with E-state index in [1.807, 2.05) is 39.1 Å². The van der Waals surface area contributed by atoms with E-state index in [1.54, 1.807) is 25.6 Å². The highest BCUT2D eigenvalue weighted by atomic mass is 16.5. The van der Waals surface area contributed by atoms with Gasteiger partial charge in [-0.2, -0.15) is 0 Å². The van der Waals surface area contributed by atoms with Gasteiger partial charge in [-0.15, -0.1) is 12.8 Å². The number of aromatic amines is 1. The third-order valence-corrected chi connectivity index (χ3v) is 8.22. The smallest absolute Gasteiger partial charge is 0.214 e. The number of aryl methyl sites for hydroxylation is 1. The van der Waals surface area contributed by atoms with Crippen molar-refractivity contribution in [3.63, 3.8) is 0 Å². The van der Waals surface area contributed by atoms with Crippen LogP contribution in [0.15, 0.2) is 61.7 Å². The van der Waals surface area contributed by atoms with Gasteiger partial charge in [0.05, 0.1) is 12.6 Å². The van der Waals surface area contributed by atoms with Crippen LogP contribution in [0.5, 0.6) is 5.75 Å². The molecule has 1 amide bonds. The summed E-state index contributed by atoms with van der Waals surface area (Å²) in [6.07, 6.45) is 26.9. The quantitative estimate of drug-likeness (QED) is 0.0673. The molecule has 53 heavy (non-hydrogen) atoms. The standard InChI is InChI=1S/C34H47N5O2.C4H10.C2H5NO.C2H6.C2H2/c1-9-16-24(10-2)38-32-26-19-27(29(41-8)20-28(26)36-23-37-32)33(4,5)22-34(6,7)30-21-35-31(39-30)18-15-13-12-14-17-25(40)11-3;1-3-4-2;1-2(3)4;2*1-2/h9-10,16,19-21,23H,1-2,11-15,17-18,22H2,3-8H3,(H,35,39)(H,36,37,38);3-4H2,1-2H3;1H3,(H2,3,4);1-2H3;1-2H/b24-16+;;;;. The third-order valence-electron chi connectivity index (χ3n) is 8.22. The van der Waals surface area contributed by atoms with Crippen molar-refractivity contribution in [2.24, 2.45) is 5.73 Å². The molecular weight excluding hydrogens is 661 g/mol. The van der Waals surface area contributed by atoms with Gasteiger partial charge in [-0.25, -0.2) is 15.0 Å². The number of carbonyl (C=O) groups excluding carboxylic acids is 2. The number of carbonyl (C=O) groups is 2. The number of unbranched alkanes of at least 4 members (excludes halogenated alkanes) is 4. The molecule has 4 N–H and O–H groups in total. The largest absolute Gasteiger partial charge is 0.496 e. The molecule has 0 aliphatic carbocycles. The Labute approximate surface area is 321 Å². The van der Waals surface area contributed by atoms with Gasteiger partial charge < -0.3 is 20.8 Å². The molecule has 0 bridgehead atoms. The molecule has 3 aromatic rings. The van der Waals surface area contributed by atoms with E-state index in [1.165, 1.54) is 19.8 Å². The molecule has 0 aliphatic rings. The molecule has 0 spiro atoms. The number of H-pyrrole nitrogens is 1. The molecule has 0 aliphatic heterocycles. The summed E-state index contributed by atoms with van der Waals surface area (Å²) in [5, 5.41) is 4.26. The summed E-state index contributed by atoms with van der Waals surface area (Å²) in [4.78, 5) is 38.0. The molecule has 0 saturated heterocycles. The molecular formula is C44H70N6O3. The highest BCUT2D eigenvalue weighted by Crippen LogP contribution is 2.43. The number of hydrogen-bond acceptors (Lipinski definition) is 7. The Morgan fingerprint density at radius 1 is 0.962 bits per heavy atom. The van der Waals surface area contributed by atoms with Gasteiger partial charge in [0.25, 0.3) is 0 Å². The van der Waals surface area contributed by atoms with Crippen molar-refractivity contribution < 1.29 is 14.3 Å². The summed E-state index contributed by atoms with van der Waals surface area (Å²) in [6.45, 7) is 28.3. The Morgan fingerprint density at radius 3 is 2.09 bits per heavy atom. The first-order valence-corrected chi connectivity index (χ1v) is 18.9. The lowest BCUT2D eigenvalue weighted by Crippen LogP contribution is -2.30. The van der Waals surface area contributed by atoms with Crippen molar-refractivity contribution in [3.8, 4) is 18.6 Å². The minimum atomic E-state index is -0.333. The number of benzene rings is 1.